The number of carbonyl (C=O) groups is 1. The normalized spacial score (nSPS) is 10.4. The first-order valence-electron chi connectivity index (χ1n) is 5.98. The number of hydrogen-bond donors (Lipinski definition) is 2. The predicted molar refractivity (Wildman–Crippen MR) is 74.5 cm³/mol. The van der Waals surface area contributed by atoms with Crippen LogP contribution in [0, 0.1) is 5.82 Å². The summed E-state index contributed by atoms with van der Waals surface area (Å²) in [4.78, 5) is 16.0. The molecule has 0 fully saturated rings. The van der Waals surface area contributed by atoms with Crippen LogP contribution in [0.1, 0.15) is 0 Å². The summed E-state index contributed by atoms with van der Waals surface area (Å²) in [7, 11) is 0. The highest BCUT2D eigenvalue weighted by Gasteiger charge is 2.05. The summed E-state index contributed by atoms with van der Waals surface area (Å²) >= 11 is 0. The summed E-state index contributed by atoms with van der Waals surface area (Å²) in [6.45, 7) is 0. The van der Waals surface area contributed by atoms with Crippen molar-refractivity contribution in [2.45, 2.75) is 0 Å². The van der Waals surface area contributed by atoms with Crippen molar-refractivity contribution in [3.05, 3.63) is 60.7 Å². The average Bonchev–Trinajstić information content (AvgIpc) is 2.85. The lowest BCUT2D eigenvalue weighted by molar-refractivity contribution is 0.260. The first-order valence-corrected chi connectivity index (χ1v) is 5.98. The lowest BCUT2D eigenvalue weighted by Crippen LogP contribution is -2.27. The van der Waals surface area contributed by atoms with Gasteiger partial charge in [-0.15, -0.1) is 0 Å². The van der Waals surface area contributed by atoms with Gasteiger partial charge in [0.15, 0.2) is 0 Å². The molecule has 0 aliphatic carbocycles. The Morgan fingerprint density at radius 1 is 1.10 bits per heavy atom. The highest BCUT2D eigenvalue weighted by Crippen LogP contribution is 2.11. The fraction of sp³-hybridized carbons (Fsp3) is 0. The van der Waals surface area contributed by atoms with Gasteiger partial charge in [0.1, 0.15) is 12.1 Å². The smallest absolute Gasteiger partial charge is 0.307 e. The van der Waals surface area contributed by atoms with Crippen LogP contribution in [0.2, 0.25) is 0 Å². The predicted octanol–water partition coefficient (Wildman–Crippen LogP) is 2.95. The zero-order valence-corrected chi connectivity index (χ0v) is 10.4. The second kappa shape index (κ2) is 5.00. The van der Waals surface area contributed by atoms with E-state index in [-0.39, 0.29) is 5.82 Å². The maximum Gasteiger partial charge on any atom is 0.338 e. The van der Waals surface area contributed by atoms with E-state index in [0.29, 0.717) is 5.69 Å². The molecule has 0 spiro atoms. The number of aromatic nitrogens is 2. The van der Waals surface area contributed by atoms with Crippen LogP contribution < -0.4 is 10.7 Å². The van der Waals surface area contributed by atoms with E-state index in [4.69, 9.17) is 0 Å². The lowest BCUT2D eigenvalue weighted by atomic mass is 10.3. The number of rotatable bonds is 2. The third-order valence-corrected chi connectivity index (χ3v) is 2.78. The molecule has 0 saturated carbocycles. The molecular weight excluding hydrogens is 259 g/mol. The van der Waals surface area contributed by atoms with Gasteiger partial charge in [-0.2, -0.15) is 0 Å². The van der Waals surface area contributed by atoms with Crippen molar-refractivity contribution in [1.82, 2.24) is 9.66 Å². The van der Waals surface area contributed by atoms with Crippen molar-refractivity contribution in [3.8, 4) is 0 Å². The fourth-order valence-corrected chi connectivity index (χ4v) is 1.85. The molecule has 1 heterocycles. The number of anilines is 1. The summed E-state index contributed by atoms with van der Waals surface area (Å²) in [6.07, 6.45) is 1.52. The van der Waals surface area contributed by atoms with Crippen molar-refractivity contribution in [1.29, 1.82) is 0 Å². The van der Waals surface area contributed by atoms with Crippen LogP contribution >= 0.6 is 0 Å². The third-order valence-electron chi connectivity index (χ3n) is 2.78. The minimum absolute atomic E-state index is 0.350. The maximum absolute atomic E-state index is 12.8. The Bertz CT molecular complexity index is 751. The first kappa shape index (κ1) is 12.2. The second-order valence-corrected chi connectivity index (χ2v) is 4.18. The maximum atomic E-state index is 12.8. The third kappa shape index (κ3) is 2.44. The molecule has 0 bridgehead atoms. The number of para-hydroxylation sites is 2. The number of imidazole rings is 1. The number of hydrogen-bond acceptors (Lipinski definition) is 2. The SMILES string of the molecule is O=C(Nc1ccc(F)cc1)Nn1cnc2ccccc21. The van der Waals surface area contributed by atoms with E-state index in [9.17, 15) is 9.18 Å². The number of nitrogens with zero attached hydrogens (tertiary/aromatic N) is 2. The molecule has 5 nitrogen and oxygen atoms in total. The molecule has 1 aromatic heterocycles. The molecular formula is C14H11FN4O. The molecule has 3 aromatic rings. The molecule has 2 amide bonds. The van der Waals surface area contributed by atoms with Crippen LogP contribution in [0.25, 0.3) is 11.0 Å². The summed E-state index contributed by atoms with van der Waals surface area (Å²) in [5.41, 5.74) is 4.73. The van der Waals surface area contributed by atoms with Gasteiger partial charge in [0, 0.05) is 5.69 Å². The molecule has 100 valence electrons. The number of carbonyl (C=O) groups excluding carboxylic acids is 1. The minimum Gasteiger partial charge on any atom is -0.307 e. The quantitative estimate of drug-likeness (QED) is 0.752. The fourth-order valence-electron chi connectivity index (χ4n) is 1.85. The average molecular weight is 270 g/mol. The molecule has 0 radical (unpaired) electrons. The molecule has 0 aliphatic rings. The Morgan fingerprint density at radius 3 is 2.65 bits per heavy atom. The molecule has 0 aliphatic heterocycles. The topological polar surface area (TPSA) is 59.0 Å². The molecule has 2 N–H and O–H groups in total. The number of fused-ring (bicyclic) bond motifs is 1. The first-order chi connectivity index (χ1) is 9.72. The summed E-state index contributed by atoms with van der Waals surface area (Å²) < 4.78 is 14.3. The van der Waals surface area contributed by atoms with E-state index in [1.165, 1.54) is 35.3 Å². The standard InChI is InChI=1S/C14H11FN4O/c15-10-5-7-11(8-6-10)17-14(20)18-19-9-16-12-3-1-2-4-13(12)19/h1-9H,(H2,17,18,20). The second-order valence-electron chi connectivity index (χ2n) is 4.18. The van der Waals surface area contributed by atoms with Gasteiger partial charge >= 0.3 is 6.03 Å². The molecule has 20 heavy (non-hydrogen) atoms. The van der Waals surface area contributed by atoms with Crippen LogP contribution in [0.3, 0.4) is 0 Å². The van der Waals surface area contributed by atoms with Crippen molar-refractivity contribution in [2.24, 2.45) is 0 Å². The summed E-state index contributed by atoms with van der Waals surface area (Å²) in [5, 5.41) is 2.61. The summed E-state index contributed by atoms with van der Waals surface area (Å²) in [5.74, 6) is -0.350. The van der Waals surface area contributed by atoms with Crippen molar-refractivity contribution >= 4 is 22.8 Å². The Kier molecular flexibility index (Phi) is 3.04. The molecule has 3 rings (SSSR count). The van der Waals surface area contributed by atoms with Gasteiger partial charge in [-0.3, -0.25) is 0 Å². The van der Waals surface area contributed by atoms with Gasteiger partial charge < -0.3 is 5.32 Å². The largest absolute Gasteiger partial charge is 0.338 e. The van der Waals surface area contributed by atoms with E-state index in [1.54, 1.807) is 0 Å². The van der Waals surface area contributed by atoms with Crippen molar-refractivity contribution < 1.29 is 9.18 Å². The van der Waals surface area contributed by atoms with Crippen molar-refractivity contribution in [2.75, 3.05) is 10.7 Å². The number of halogens is 1. The molecule has 6 heteroatoms. The molecule has 2 aromatic carbocycles. The van der Waals surface area contributed by atoms with E-state index in [2.05, 4.69) is 15.7 Å². The van der Waals surface area contributed by atoms with E-state index >= 15 is 0 Å². The lowest BCUT2D eigenvalue weighted by Gasteiger charge is -2.08. The molecule has 0 saturated heterocycles. The van der Waals surface area contributed by atoms with E-state index in [1.807, 2.05) is 24.3 Å². The highest BCUT2D eigenvalue weighted by molar-refractivity contribution is 5.96. The van der Waals surface area contributed by atoms with Gasteiger partial charge in [0.05, 0.1) is 11.0 Å². The van der Waals surface area contributed by atoms with Gasteiger partial charge in [-0.1, -0.05) is 12.1 Å². The number of nitrogens with one attached hydrogen (secondary N) is 2. The Balaban J connectivity index is 1.74. The monoisotopic (exact) mass is 270 g/mol. The summed E-state index contributed by atoms with van der Waals surface area (Å²) in [6, 6.07) is 12.5. The zero-order valence-electron chi connectivity index (χ0n) is 10.4. The van der Waals surface area contributed by atoms with Gasteiger partial charge in [0.2, 0.25) is 0 Å². The number of urea groups is 1. The highest BCUT2D eigenvalue weighted by atomic mass is 19.1. The number of benzene rings is 2. The Labute approximate surface area is 114 Å². The van der Waals surface area contributed by atoms with Crippen LogP contribution in [0.15, 0.2) is 54.9 Å². The Hall–Kier alpha value is -2.89. The van der Waals surface area contributed by atoms with Gasteiger partial charge in [-0.05, 0) is 36.4 Å². The van der Waals surface area contributed by atoms with E-state index in [0.717, 1.165) is 11.0 Å². The van der Waals surface area contributed by atoms with Crippen LogP contribution in [-0.4, -0.2) is 15.7 Å². The van der Waals surface area contributed by atoms with Gasteiger partial charge in [0.25, 0.3) is 0 Å². The van der Waals surface area contributed by atoms with Gasteiger partial charge in [-0.25, -0.2) is 24.3 Å². The van der Waals surface area contributed by atoms with Crippen LogP contribution in [-0.2, 0) is 0 Å². The van der Waals surface area contributed by atoms with Crippen LogP contribution in [0.4, 0.5) is 14.9 Å². The van der Waals surface area contributed by atoms with Crippen molar-refractivity contribution in [3.63, 3.8) is 0 Å². The molecule has 0 atom stereocenters. The van der Waals surface area contributed by atoms with E-state index < -0.39 is 6.03 Å². The Morgan fingerprint density at radius 2 is 1.85 bits per heavy atom. The molecule has 0 unspecified atom stereocenters. The van der Waals surface area contributed by atoms with Crippen LogP contribution in [0.5, 0.6) is 0 Å². The minimum atomic E-state index is -0.431. The number of amides is 2. The zero-order chi connectivity index (χ0) is 13.9.